The van der Waals surface area contributed by atoms with Gasteiger partial charge in [-0.05, 0) is 18.2 Å². The first-order valence-corrected chi connectivity index (χ1v) is 5.36. The first-order chi connectivity index (χ1) is 7.84. The van der Waals surface area contributed by atoms with Gasteiger partial charge in [0.15, 0.2) is 6.20 Å². The molecule has 0 unspecified atom stereocenters. The van der Waals surface area contributed by atoms with Gasteiger partial charge in [0, 0.05) is 43.7 Å². The van der Waals surface area contributed by atoms with Crippen molar-refractivity contribution in [2.75, 3.05) is 0 Å². The smallest absolute Gasteiger partial charge is 0.219 e. The number of pyridine rings is 2. The van der Waals surface area contributed by atoms with Gasteiger partial charge in [0.2, 0.25) is 11.2 Å². The monoisotopic (exact) mass is 288 g/mol. The van der Waals surface area contributed by atoms with Crippen molar-refractivity contribution in [3.8, 4) is 11.3 Å². The van der Waals surface area contributed by atoms with Crippen molar-refractivity contribution in [1.82, 2.24) is 4.57 Å². The van der Waals surface area contributed by atoms with Crippen molar-refractivity contribution in [1.29, 1.82) is 0 Å². The van der Waals surface area contributed by atoms with E-state index in [1.807, 2.05) is 7.05 Å². The molecule has 0 saturated heterocycles. The number of aryl methyl sites for hydroxylation is 1. The lowest BCUT2D eigenvalue weighted by molar-refractivity contribution is -0.499. The fourth-order valence-corrected chi connectivity index (χ4v) is 2.02. The number of fused-ring (bicyclic) bond motifs is 1. The van der Waals surface area contributed by atoms with Crippen LogP contribution in [0.4, 0.5) is 0 Å². The summed E-state index contributed by atoms with van der Waals surface area (Å²) in [5.74, 6) is 0. The van der Waals surface area contributed by atoms with Crippen LogP contribution in [0.15, 0.2) is 61.1 Å². The number of hydrogen-bond acceptors (Lipinski definition) is 0. The highest BCUT2D eigenvalue weighted by Crippen LogP contribution is 2.15. The average Bonchev–Trinajstić information content (AvgIpc) is 2.75. The molecule has 0 amide bonds. The van der Waals surface area contributed by atoms with Gasteiger partial charge >= 0.3 is 0 Å². The molecule has 0 spiro atoms. The van der Waals surface area contributed by atoms with Crippen LogP contribution in [0.3, 0.4) is 0 Å². The summed E-state index contributed by atoms with van der Waals surface area (Å²) in [6.45, 7) is 0. The number of halogens is 1. The molecule has 0 fully saturated rings. The second kappa shape index (κ2) is 4.72. The van der Waals surface area contributed by atoms with Gasteiger partial charge in [-0.25, -0.2) is 0 Å². The topological polar surface area (TPSA) is 9.03 Å². The SMILES string of the molecule is Cn1ccc(-c2cccc3cccc[n+]23)c1.[Br-]. The Kier molecular flexibility index (Phi) is 3.29. The molecule has 0 bridgehead atoms. The largest absolute Gasteiger partial charge is 1.00 e. The third-order valence-corrected chi connectivity index (χ3v) is 2.80. The number of aromatic nitrogens is 2. The minimum absolute atomic E-state index is 0. The maximum Gasteiger partial charge on any atom is 0.219 e. The van der Waals surface area contributed by atoms with Gasteiger partial charge < -0.3 is 21.5 Å². The molecule has 0 atom stereocenters. The third-order valence-electron chi connectivity index (χ3n) is 2.80. The molecular weight excluding hydrogens is 276 g/mol. The van der Waals surface area contributed by atoms with E-state index in [1.54, 1.807) is 0 Å². The summed E-state index contributed by atoms with van der Waals surface area (Å²) in [4.78, 5) is 0. The number of hydrogen-bond donors (Lipinski definition) is 0. The van der Waals surface area contributed by atoms with Crippen LogP contribution in [0.1, 0.15) is 0 Å². The van der Waals surface area contributed by atoms with Crippen LogP contribution in [-0.4, -0.2) is 4.57 Å². The van der Waals surface area contributed by atoms with Gasteiger partial charge in [-0.3, -0.25) is 0 Å². The second-order valence-corrected chi connectivity index (χ2v) is 3.97. The lowest BCUT2D eigenvalue weighted by atomic mass is 10.2. The van der Waals surface area contributed by atoms with Crippen LogP contribution < -0.4 is 21.4 Å². The minimum Gasteiger partial charge on any atom is -1.00 e. The van der Waals surface area contributed by atoms with Gasteiger partial charge in [0.1, 0.15) is 0 Å². The molecule has 86 valence electrons. The van der Waals surface area contributed by atoms with E-state index < -0.39 is 0 Å². The van der Waals surface area contributed by atoms with Crippen molar-refractivity contribution in [3.63, 3.8) is 0 Å². The van der Waals surface area contributed by atoms with Gasteiger partial charge in [0.05, 0.1) is 5.56 Å². The highest BCUT2D eigenvalue weighted by Gasteiger charge is 2.11. The third kappa shape index (κ3) is 2.11. The number of rotatable bonds is 1. The first kappa shape index (κ1) is 11.9. The molecular formula is C14H13BrN2. The summed E-state index contributed by atoms with van der Waals surface area (Å²) in [5, 5.41) is 0. The zero-order chi connectivity index (χ0) is 11.0. The maximum atomic E-state index is 2.20. The summed E-state index contributed by atoms with van der Waals surface area (Å²) in [7, 11) is 2.04. The van der Waals surface area contributed by atoms with Crippen LogP contribution >= 0.6 is 0 Å². The summed E-state index contributed by atoms with van der Waals surface area (Å²) in [6.07, 6.45) is 6.30. The predicted molar refractivity (Wildman–Crippen MR) is 64.0 cm³/mol. The molecule has 17 heavy (non-hydrogen) atoms. The van der Waals surface area contributed by atoms with Gasteiger partial charge in [0.25, 0.3) is 0 Å². The van der Waals surface area contributed by atoms with Crippen molar-refractivity contribution in [3.05, 3.63) is 61.1 Å². The van der Waals surface area contributed by atoms with E-state index in [4.69, 9.17) is 0 Å². The number of nitrogens with zero attached hydrogens (tertiary/aromatic N) is 2. The summed E-state index contributed by atoms with van der Waals surface area (Å²) in [6, 6.07) is 14.7. The fraction of sp³-hybridized carbons (Fsp3) is 0.0714. The minimum atomic E-state index is 0. The lowest BCUT2D eigenvalue weighted by Gasteiger charge is -1.96. The summed E-state index contributed by atoms with van der Waals surface area (Å²) >= 11 is 0. The highest BCUT2D eigenvalue weighted by molar-refractivity contribution is 5.57. The predicted octanol–water partition coefficient (Wildman–Crippen LogP) is -0.565. The molecule has 3 aromatic heterocycles. The van der Waals surface area contributed by atoms with Gasteiger partial charge in [-0.1, -0.05) is 0 Å². The van der Waals surface area contributed by atoms with E-state index in [-0.39, 0.29) is 17.0 Å². The van der Waals surface area contributed by atoms with Crippen molar-refractivity contribution < 1.29 is 21.4 Å². The van der Waals surface area contributed by atoms with Gasteiger partial charge in [-0.15, -0.1) is 0 Å². The Bertz CT molecular complexity index is 638. The zero-order valence-corrected chi connectivity index (χ0v) is 11.1. The molecule has 2 nitrogen and oxygen atoms in total. The maximum absolute atomic E-state index is 2.20. The first-order valence-electron chi connectivity index (χ1n) is 5.36. The molecule has 3 heteroatoms. The van der Waals surface area contributed by atoms with Crippen molar-refractivity contribution in [2.45, 2.75) is 0 Å². The Morgan fingerprint density at radius 3 is 2.59 bits per heavy atom. The van der Waals surface area contributed by atoms with Crippen LogP contribution in [0.5, 0.6) is 0 Å². The standard InChI is InChI=1S/C14H13N2.BrH/c1-15-10-8-12(11-15)14-7-4-6-13-5-2-3-9-16(13)14;/h2-11H,1H3;1H/q+1;/p-1. The van der Waals surface area contributed by atoms with E-state index in [9.17, 15) is 0 Å². The quantitative estimate of drug-likeness (QED) is 0.531. The fourth-order valence-electron chi connectivity index (χ4n) is 2.02. The Hall–Kier alpha value is -1.61. The van der Waals surface area contributed by atoms with Crippen LogP contribution in [0.25, 0.3) is 16.8 Å². The molecule has 0 aliphatic heterocycles. The molecule has 3 aromatic rings. The molecule has 0 N–H and O–H groups in total. The molecule has 0 aliphatic carbocycles. The molecule has 0 saturated carbocycles. The molecule has 0 radical (unpaired) electrons. The molecule has 3 rings (SSSR count). The van der Waals surface area contributed by atoms with E-state index >= 15 is 0 Å². The molecule has 0 aliphatic rings. The van der Waals surface area contributed by atoms with E-state index in [1.165, 1.54) is 16.8 Å². The van der Waals surface area contributed by atoms with Crippen molar-refractivity contribution >= 4 is 5.52 Å². The normalized spacial score (nSPS) is 10.2. The van der Waals surface area contributed by atoms with E-state index in [0.29, 0.717) is 0 Å². The summed E-state index contributed by atoms with van der Waals surface area (Å²) in [5.41, 5.74) is 3.67. The average molecular weight is 289 g/mol. The lowest BCUT2D eigenvalue weighted by Crippen LogP contribution is -3.00. The second-order valence-electron chi connectivity index (χ2n) is 3.97. The molecule has 3 heterocycles. The Morgan fingerprint density at radius 1 is 1.00 bits per heavy atom. The van der Waals surface area contributed by atoms with E-state index in [2.05, 4.69) is 70.0 Å². The Labute approximate surface area is 111 Å². The highest BCUT2D eigenvalue weighted by atomic mass is 79.9. The van der Waals surface area contributed by atoms with E-state index in [0.717, 1.165) is 0 Å². The zero-order valence-electron chi connectivity index (χ0n) is 9.55. The van der Waals surface area contributed by atoms with Crippen LogP contribution in [-0.2, 0) is 7.05 Å². The summed E-state index contributed by atoms with van der Waals surface area (Å²) < 4.78 is 4.27. The van der Waals surface area contributed by atoms with Crippen LogP contribution in [0, 0.1) is 0 Å². The molecule has 0 aromatic carbocycles. The van der Waals surface area contributed by atoms with Gasteiger partial charge in [-0.2, -0.15) is 4.40 Å². The van der Waals surface area contributed by atoms with Crippen LogP contribution in [0.2, 0.25) is 0 Å². The Morgan fingerprint density at radius 2 is 1.82 bits per heavy atom. The van der Waals surface area contributed by atoms with Crippen molar-refractivity contribution in [2.24, 2.45) is 7.05 Å². The Balaban J connectivity index is 0.00000108.